The molecule has 1 aromatic carbocycles. The second-order valence-corrected chi connectivity index (χ2v) is 5.89. The maximum Gasteiger partial charge on any atom is 0.122 e. The number of nitrogens with two attached hydrogens (primary N) is 1. The zero-order valence-electron chi connectivity index (χ0n) is 12.5. The second kappa shape index (κ2) is 5.93. The first-order valence-electron chi connectivity index (χ1n) is 7.19. The number of hydrazine groups is 1. The van der Waals surface area contributed by atoms with Crippen molar-refractivity contribution in [3.8, 4) is 5.75 Å². The van der Waals surface area contributed by atoms with Gasteiger partial charge in [-0.1, -0.05) is 25.8 Å². The molecule has 0 bridgehead atoms. The molecule has 0 aliphatic heterocycles. The fourth-order valence-corrected chi connectivity index (χ4v) is 3.48. The van der Waals surface area contributed by atoms with Gasteiger partial charge in [-0.2, -0.15) is 0 Å². The number of methoxy groups -OCH3 is 1. The Labute approximate surface area is 116 Å². The Morgan fingerprint density at radius 2 is 2.00 bits per heavy atom. The van der Waals surface area contributed by atoms with Crippen LogP contribution in [0.2, 0.25) is 0 Å². The Morgan fingerprint density at radius 3 is 2.53 bits per heavy atom. The molecule has 3 N–H and O–H groups in total. The standard InChI is InChI=1S/C16H26N2O/c1-10-6-5-7-13(10)16(18-17)14-8-12(3)15(19-4)9-11(14)2/h8-10,13,16,18H,5-7,17H2,1-4H3. The summed E-state index contributed by atoms with van der Waals surface area (Å²) < 4.78 is 5.39. The molecule has 3 unspecified atom stereocenters. The molecule has 1 aliphatic rings. The molecule has 0 saturated heterocycles. The maximum atomic E-state index is 5.86. The number of benzene rings is 1. The van der Waals surface area contributed by atoms with Crippen molar-refractivity contribution in [3.63, 3.8) is 0 Å². The molecule has 1 aliphatic carbocycles. The number of ether oxygens (including phenoxy) is 1. The van der Waals surface area contributed by atoms with E-state index in [1.807, 2.05) is 0 Å². The first-order chi connectivity index (χ1) is 9.08. The van der Waals surface area contributed by atoms with Crippen LogP contribution >= 0.6 is 0 Å². The van der Waals surface area contributed by atoms with Crippen LogP contribution in [0.4, 0.5) is 0 Å². The summed E-state index contributed by atoms with van der Waals surface area (Å²) in [7, 11) is 1.72. The van der Waals surface area contributed by atoms with Crippen molar-refractivity contribution in [2.75, 3.05) is 7.11 Å². The molecule has 1 fully saturated rings. The maximum absolute atomic E-state index is 5.86. The van der Waals surface area contributed by atoms with Crippen LogP contribution in [0.15, 0.2) is 12.1 Å². The second-order valence-electron chi connectivity index (χ2n) is 5.89. The highest BCUT2D eigenvalue weighted by Gasteiger charge is 2.32. The van der Waals surface area contributed by atoms with Gasteiger partial charge < -0.3 is 4.74 Å². The summed E-state index contributed by atoms with van der Waals surface area (Å²) in [5.41, 5.74) is 6.80. The van der Waals surface area contributed by atoms with Crippen LogP contribution in [-0.2, 0) is 0 Å². The van der Waals surface area contributed by atoms with Crippen LogP contribution in [0, 0.1) is 25.7 Å². The monoisotopic (exact) mass is 262 g/mol. The molecule has 0 aromatic heterocycles. The van der Waals surface area contributed by atoms with E-state index in [4.69, 9.17) is 10.6 Å². The minimum atomic E-state index is 0.252. The molecule has 0 spiro atoms. The number of hydrogen-bond acceptors (Lipinski definition) is 3. The molecule has 3 heteroatoms. The first kappa shape index (κ1) is 14.4. The first-order valence-corrected chi connectivity index (χ1v) is 7.19. The predicted molar refractivity (Wildman–Crippen MR) is 79.0 cm³/mol. The van der Waals surface area contributed by atoms with Crippen molar-refractivity contribution in [3.05, 3.63) is 28.8 Å². The molecule has 2 rings (SSSR count). The number of aryl methyl sites for hydroxylation is 2. The van der Waals surface area contributed by atoms with Gasteiger partial charge in [0, 0.05) is 6.04 Å². The number of rotatable bonds is 4. The van der Waals surface area contributed by atoms with Gasteiger partial charge in [0.25, 0.3) is 0 Å². The van der Waals surface area contributed by atoms with Crippen molar-refractivity contribution >= 4 is 0 Å². The van der Waals surface area contributed by atoms with Gasteiger partial charge in [-0.3, -0.25) is 11.3 Å². The van der Waals surface area contributed by atoms with E-state index < -0.39 is 0 Å². The lowest BCUT2D eigenvalue weighted by atomic mass is 9.84. The molecular formula is C16H26N2O. The predicted octanol–water partition coefficient (Wildman–Crippen LogP) is 3.25. The lowest BCUT2D eigenvalue weighted by Crippen LogP contribution is -2.35. The molecule has 3 nitrogen and oxygen atoms in total. The number of nitrogens with one attached hydrogen (secondary N) is 1. The third-order valence-electron chi connectivity index (χ3n) is 4.65. The molecule has 106 valence electrons. The zero-order valence-corrected chi connectivity index (χ0v) is 12.5. The summed E-state index contributed by atoms with van der Waals surface area (Å²) in [6, 6.07) is 4.60. The normalized spacial score (nSPS) is 24.5. The minimum Gasteiger partial charge on any atom is -0.496 e. The third-order valence-corrected chi connectivity index (χ3v) is 4.65. The molecule has 19 heavy (non-hydrogen) atoms. The topological polar surface area (TPSA) is 47.3 Å². The van der Waals surface area contributed by atoms with Crippen LogP contribution in [0.5, 0.6) is 5.75 Å². The van der Waals surface area contributed by atoms with Gasteiger partial charge in [0.2, 0.25) is 0 Å². The average Bonchev–Trinajstić information content (AvgIpc) is 2.80. The van der Waals surface area contributed by atoms with Crippen LogP contribution in [0.1, 0.15) is 48.9 Å². The fraction of sp³-hybridized carbons (Fsp3) is 0.625. The van der Waals surface area contributed by atoms with E-state index >= 15 is 0 Å². The largest absolute Gasteiger partial charge is 0.496 e. The van der Waals surface area contributed by atoms with E-state index in [2.05, 4.69) is 38.3 Å². The van der Waals surface area contributed by atoms with Gasteiger partial charge in [-0.25, -0.2) is 0 Å². The SMILES string of the molecule is COc1cc(C)c(C(NN)C2CCCC2C)cc1C. The Bertz CT molecular complexity index is 445. The Hall–Kier alpha value is -1.06. The quantitative estimate of drug-likeness (QED) is 0.647. The van der Waals surface area contributed by atoms with Gasteiger partial charge in [-0.15, -0.1) is 0 Å². The minimum absolute atomic E-state index is 0.252. The summed E-state index contributed by atoms with van der Waals surface area (Å²) >= 11 is 0. The number of hydrogen-bond donors (Lipinski definition) is 2. The van der Waals surface area contributed by atoms with Gasteiger partial charge in [-0.05, 0) is 54.9 Å². The van der Waals surface area contributed by atoms with Crippen molar-refractivity contribution in [1.29, 1.82) is 0 Å². The van der Waals surface area contributed by atoms with Gasteiger partial charge in [0.05, 0.1) is 7.11 Å². The molecule has 0 radical (unpaired) electrons. The lowest BCUT2D eigenvalue weighted by Gasteiger charge is -2.28. The van der Waals surface area contributed by atoms with Gasteiger partial charge >= 0.3 is 0 Å². The Kier molecular flexibility index (Phi) is 4.48. The molecule has 0 amide bonds. The molecule has 0 heterocycles. The van der Waals surface area contributed by atoms with Crippen LogP contribution in [-0.4, -0.2) is 7.11 Å². The van der Waals surface area contributed by atoms with Gasteiger partial charge in [0.15, 0.2) is 0 Å². The van der Waals surface area contributed by atoms with Crippen LogP contribution < -0.4 is 16.0 Å². The van der Waals surface area contributed by atoms with E-state index in [1.54, 1.807) is 7.11 Å². The highest BCUT2D eigenvalue weighted by atomic mass is 16.5. The van der Waals surface area contributed by atoms with E-state index in [0.717, 1.165) is 11.7 Å². The van der Waals surface area contributed by atoms with E-state index in [9.17, 15) is 0 Å². The fourth-order valence-electron chi connectivity index (χ4n) is 3.48. The van der Waals surface area contributed by atoms with Crippen molar-refractivity contribution < 1.29 is 4.74 Å². The third kappa shape index (κ3) is 2.77. The Morgan fingerprint density at radius 1 is 1.26 bits per heavy atom. The van der Waals surface area contributed by atoms with Crippen molar-refractivity contribution in [2.24, 2.45) is 17.7 Å². The molecular weight excluding hydrogens is 236 g/mol. The lowest BCUT2D eigenvalue weighted by molar-refractivity contribution is 0.303. The average molecular weight is 262 g/mol. The smallest absolute Gasteiger partial charge is 0.122 e. The summed E-state index contributed by atoms with van der Waals surface area (Å²) in [6.45, 7) is 6.57. The highest BCUT2D eigenvalue weighted by Crippen LogP contribution is 2.41. The summed E-state index contributed by atoms with van der Waals surface area (Å²) in [4.78, 5) is 0. The highest BCUT2D eigenvalue weighted by molar-refractivity contribution is 5.43. The van der Waals surface area contributed by atoms with Crippen molar-refractivity contribution in [1.82, 2.24) is 5.43 Å². The van der Waals surface area contributed by atoms with Crippen LogP contribution in [0.3, 0.4) is 0 Å². The van der Waals surface area contributed by atoms with E-state index in [-0.39, 0.29) is 6.04 Å². The zero-order chi connectivity index (χ0) is 14.0. The van der Waals surface area contributed by atoms with E-state index in [0.29, 0.717) is 5.92 Å². The Balaban J connectivity index is 2.35. The van der Waals surface area contributed by atoms with Crippen LogP contribution in [0.25, 0.3) is 0 Å². The summed E-state index contributed by atoms with van der Waals surface area (Å²) in [6.07, 6.45) is 3.90. The van der Waals surface area contributed by atoms with E-state index in [1.165, 1.54) is 36.0 Å². The van der Waals surface area contributed by atoms with Gasteiger partial charge in [0.1, 0.15) is 5.75 Å². The summed E-state index contributed by atoms with van der Waals surface area (Å²) in [5.74, 6) is 8.18. The summed E-state index contributed by atoms with van der Waals surface area (Å²) in [5, 5.41) is 0. The molecule has 3 atom stereocenters. The molecule has 1 saturated carbocycles. The molecule has 1 aromatic rings. The van der Waals surface area contributed by atoms with Crippen molar-refractivity contribution in [2.45, 2.75) is 46.1 Å².